The number of nitrogens with two attached hydrogens (primary N) is 1. The van der Waals surface area contributed by atoms with E-state index in [4.69, 9.17) is 22.1 Å². The lowest BCUT2D eigenvalue weighted by Gasteiger charge is -2.10. The van der Waals surface area contributed by atoms with Crippen molar-refractivity contribution in [2.75, 3.05) is 12.9 Å². The van der Waals surface area contributed by atoms with E-state index in [2.05, 4.69) is 0 Å². The predicted octanol–water partition coefficient (Wildman–Crippen LogP) is 1.11. The van der Waals surface area contributed by atoms with Crippen molar-refractivity contribution in [1.29, 1.82) is 0 Å². The molecule has 20 heavy (non-hydrogen) atoms. The van der Waals surface area contributed by atoms with Gasteiger partial charge in [-0.3, -0.25) is 0 Å². The second-order valence-electron chi connectivity index (χ2n) is 4.93. The summed E-state index contributed by atoms with van der Waals surface area (Å²) in [6, 6.07) is 6.64. The van der Waals surface area contributed by atoms with Crippen LogP contribution in [-0.2, 0) is 19.4 Å². The minimum absolute atomic E-state index is 0.154. The van der Waals surface area contributed by atoms with Gasteiger partial charge in [-0.05, 0) is 24.6 Å². The monoisotopic (exact) mass is 317 g/mol. The summed E-state index contributed by atoms with van der Waals surface area (Å²) in [7, 11) is -3.47. The quantitative estimate of drug-likeness (QED) is 0.841. The summed E-state index contributed by atoms with van der Waals surface area (Å²) in [4.78, 5) is 12.0. The Balaban J connectivity index is 2.41. The maximum absolute atomic E-state index is 12.0. The average molecular weight is 318 g/mol. The summed E-state index contributed by atoms with van der Waals surface area (Å²) in [6.07, 6.45) is 1.08. The van der Waals surface area contributed by atoms with E-state index in [0.717, 1.165) is 6.26 Å². The molecule has 2 N–H and O–H groups in total. The van der Waals surface area contributed by atoms with Crippen LogP contribution in [0.1, 0.15) is 18.4 Å². The maximum Gasteiger partial charge on any atom is 0.328 e. The van der Waals surface area contributed by atoms with Gasteiger partial charge in [-0.15, -0.1) is 0 Å². The van der Waals surface area contributed by atoms with Crippen molar-refractivity contribution in [2.45, 2.75) is 23.6 Å². The van der Waals surface area contributed by atoms with Crippen LogP contribution in [0.5, 0.6) is 0 Å². The first-order valence-electron chi connectivity index (χ1n) is 6.13. The highest BCUT2D eigenvalue weighted by Gasteiger charge is 2.73. The number of hydrogen-bond acceptors (Lipinski definition) is 5. The van der Waals surface area contributed by atoms with E-state index in [-0.39, 0.29) is 6.61 Å². The van der Waals surface area contributed by atoms with Crippen LogP contribution < -0.4 is 5.73 Å². The number of esters is 1. The van der Waals surface area contributed by atoms with Crippen LogP contribution in [0, 0.1) is 0 Å². The molecule has 0 spiro atoms. The maximum atomic E-state index is 12.0. The molecule has 1 aliphatic carbocycles. The van der Waals surface area contributed by atoms with E-state index in [1.807, 2.05) is 0 Å². The van der Waals surface area contributed by atoms with Crippen molar-refractivity contribution in [3.05, 3.63) is 34.9 Å². The third-order valence-electron chi connectivity index (χ3n) is 3.50. The highest BCUT2D eigenvalue weighted by molar-refractivity contribution is 7.91. The summed E-state index contributed by atoms with van der Waals surface area (Å²) in [5, 5.41) is -0.431. The van der Waals surface area contributed by atoms with Crippen LogP contribution in [-0.4, -0.2) is 38.0 Å². The number of benzene rings is 1. The molecular weight excluding hydrogens is 302 g/mol. The fourth-order valence-corrected chi connectivity index (χ4v) is 4.47. The predicted molar refractivity (Wildman–Crippen MR) is 76.4 cm³/mol. The average Bonchev–Trinajstić information content (AvgIpc) is 2.99. The molecule has 1 aliphatic rings. The van der Waals surface area contributed by atoms with Gasteiger partial charge < -0.3 is 10.5 Å². The molecule has 1 aromatic rings. The van der Waals surface area contributed by atoms with Crippen molar-refractivity contribution in [2.24, 2.45) is 5.73 Å². The van der Waals surface area contributed by atoms with Gasteiger partial charge in [0.05, 0.1) is 11.9 Å². The SMILES string of the molecule is CCOC(=O)[C@@]1(N)[C@H](c2ccc(Cl)cc2)[C@@H]1S(C)(=O)=O. The lowest BCUT2D eigenvalue weighted by molar-refractivity contribution is -0.145. The topological polar surface area (TPSA) is 86.5 Å². The lowest BCUT2D eigenvalue weighted by atomic mass is 10.1. The molecule has 0 aliphatic heterocycles. The van der Waals surface area contributed by atoms with E-state index in [1.54, 1.807) is 31.2 Å². The summed E-state index contributed by atoms with van der Waals surface area (Å²) < 4.78 is 28.6. The Morgan fingerprint density at radius 2 is 1.95 bits per heavy atom. The number of ether oxygens (including phenoxy) is 1. The Hall–Kier alpha value is -1.11. The number of carbonyl (C=O) groups is 1. The molecule has 0 bridgehead atoms. The van der Waals surface area contributed by atoms with Crippen molar-refractivity contribution in [3.8, 4) is 0 Å². The zero-order valence-electron chi connectivity index (χ0n) is 11.2. The highest BCUT2D eigenvalue weighted by atomic mass is 35.5. The fraction of sp³-hybridized carbons (Fsp3) is 0.462. The molecule has 0 heterocycles. The van der Waals surface area contributed by atoms with E-state index in [9.17, 15) is 13.2 Å². The van der Waals surface area contributed by atoms with E-state index < -0.39 is 32.5 Å². The first-order valence-corrected chi connectivity index (χ1v) is 8.46. The van der Waals surface area contributed by atoms with Gasteiger partial charge in [0, 0.05) is 17.2 Å². The van der Waals surface area contributed by atoms with Gasteiger partial charge in [0.15, 0.2) is 9.84 Å². The highest BCUT2D eigenvalue weighted by Crippen LogP contribution is 2.54. The molecule has 3 atom stereocenters. The minimum Gasteiger partial charge on any atom is -0.465 e. The van der Waals surface area contributed by atoms with Gasteiger partial charge >= 0.3 is 5.97 Å². The largest absolute Gasteiger partial charge is 0.465 e. The summed E-state index contributed by atoms with van der Waals surface area (Å²) in [5.74, 6) is -1.29. The molecular formula is C13H16ClNO4S. The van der Waals surface area contributed by atoms with Crippen LogP contribution in [0.3, 0.4) is 0 Å². The summed E-state index contributed by atoms with van der Waals surface area (Å²) >= 11 is 5.81. The van der Waals surface area contributed by atoms with Crippen LogP contribution in [0.2, 0.25) is 5.02 Å². The zero-order chi connectivity index (χ0) is 15.1. The van der Waals surface area contributed by atoms with Gasteiger partial charge in [0.2, 0.25) is 0 Å². The Kier molecular flexibility index (Phi) is 3.83. The third kappa shape index (κ3) is 2.43. The van der Waals surface area contributed by atoms with E-state index in [0.29, 0.717) is 10.6 Å². The minimum atomic E-state index is -3.47. The lowest BCUT2D eigenvalue weighted by Crippen LogP contribution is -2.41. The summed E-state index contributed by atoms with van der Waals surface area (Å²) in [6.45, 7) is 1.80. The van der Waals surface area contributed by atoms with Crippen molar-refractivity contribution < 1.29 is 17.9 Å². The smallest absolute Gasteiger partial charge is 0.328 e. The molecule has 1 aromatic carbocycles. The van der Waals surface area contributed by atoms with Crippen molar-refractivity contribution in [1.82, 2.24) is 0 Å². The Morgan fingerprint density at radius 3 is 2.40 bits per heavy atom. The Morgan fingerprint density at radius 1 is 1.40 bits per heavy atom. The van der Waals surface area contributed by atoms with E-state index >= 15 is 0 Å². The molecule has 0 unspecified atom stereocenters. The molecule has 110 valence electrons. The Labute approximate surface area is 123 Å². The number of carbonyl (C=O) groups excluding carboxylic acids is 1. The van der Waals surface area contributed by atoms with Gasteiger partial charge in [-0.1, -0.05) is 23.7 Å². The van der Waals surface area contributed by atoms with Gasteiger partial charge in [-0.2, -0.15) is 0 Å². The molecule has 2 rings (SSSR count). The normalized spacial score (nSPS) is 29.0. The molecule has 7 heteroatoms. The number of rotatable bonds is 4. The van der Waals surface area contributed by atoms with Gasteiger partial charge in [0.1, 0.15) is 5.54 Å². The molecule has 0 aromatic heterocycles. The number of sulfone groups is 1. The van der Waals surface area contributed by atoms with Crippen molar-refractivity contribution in [3.63, 3.8) is 0 Å². The van der Waals surface area contributed by atoms with E-state index in [1.165, 1.54) is 0 Å². The molecule has 0 radical (unpaired) electrons. The standard InChI is InChI=1S/C13H16ClNO4S/c1-3-19-12(16)13(15)10(11(13)20(2,17)18)8-4-6-9(14)7-5-8/h4-7,10-11H,3,15H2,1-2H3/t10-,11+,13-/m1/s1. The van der Waals surface area contributed by atoms with Gasteiger partial charge in [0.25, 0.3) is 0 Å². The van der Waals surface area contributed by atoms with Crippen molar-refractivity contribution >= 4 is 27.4 Å². The second-order valence-corrected chi connectivity index (χ2v) is 7.54. The first-order chi connectivity index (χ1) is 9.22. The molecule has 5 nitrogen and oxygen atoms in total. The molecule has 1 saturated carbocycles. The fourth-order valence-electron chi connectivity index (χ4n) is 2.60. The van der Waals surface area contributed by atoms with Crippen LogP contribution in [0.4, 0.5) is 0 Å². The molecule has 1 fully saturated rings. The summed E-state index contributed by atoms with van der Waals surface area (Å²) in [5.41, 5.74) is 5.18. The number of hydrogen-bond donors (Lipinski definition) is 1. The Bertz CT molecular complexity index is 628. The van der Waals surface area contributed by atoms with Crippen LogP contribution >= 0.6 is 11.6 Å². The first kappa shape index (κ1) is 15.3. The zero-order valence-corrected chi connectivity index (χ0v) is 12.7. The molecule has 0 amide bonds. The van der Waals surface area contributed by atoms with Gasteiger partial charge in [-0.25, -0.2) is 13.2 Å². The van der Waals surface area contributed by atoms with Crippen LogP contribution in [0.15, 0.2) is 24.3 Å². The third-order valence-corrected chi connectivity index (χ3v) is 5.34. The second kappa shape index (κ2) is 5.02. The molecule has 0 saturated heterocycles. The van der Waals surface area contributed by atoms with Crippen LogP contribution in [0.25, 0.3) is 0 Å². The number of halogens is 1.